The lowest BCUT2D eigenvalue weighted by Crippen LogP contribution is -2.39. The van der Waals surface area contributed by atoms with Crippen LogP contribution in [0.2, 0.25) is 0 Å². The molecule has 1 aromatic rings. The molecule has 0 aliphatic heterocycles. The van der Waals surface area contributed by atoms with Crippen molar-refractivity contribution < 1.29 is 4.79 Å². The number of carbonyl (C=O) groups excluding carboxylic acids is 1. The molecule has 1 atom stereocenters. The highest BCUT2D eigenvalue weighted by molar-refractivity contribution is 5.94. The molecule has 0 saturated heterocycles. The van der Waals surface area contributed by atoms with Crippen LogP contribution in [0, 0.1) is 5.92 Å². The molecule has 2 rings (SSSR count). The van der Waals surface area contributed by atoms with E-state index in [0.717, 1.165) is 18.4 Å². The van der Waals surface area contributed by atoms with Crippen LogP contribution in [0.4, 0.5) is 0 Å². The second-order valence-electron chi connectivity index (χ2n) is 6.09. The molecule has 2 heteroatoms. The Balaban J connectivity index is 2.06. The lowest BCUT2D eigenvalue weighted by Gasteiger charge is -2.28. The van der Waals surface area contributed by atoms with E-state index in [-0.39, 0.29) is 11.9 Å². The molecule has 1 aliphatic rings. The van der Waals surface area contributed by atoms with Crippen molar-refractivity contribution in [3.05, 3.63) is 53.8 Å². The molecular formula is C20H27NO. The minimum absolute atomic E-state index is 0.0183. The summed E-state index contributed by atoms with van der Waals surface area (Å²) >= 11 is 0. The van der Waals surface area contributed by atoms with Crippen molar-refractivity contribution in [3.8, 4) is 0 Å². The van der Waals surface area contributed by atoms with Gasteiger partial charge in [0.2, 0.25) is 0 Å². The van der Waals surface area contributed by atoms with Crippen molar-refractivity contribution in [2.24, 2.45) is 5.92 Å². The maximum atomic E-state index is 12.4. The van der Waals surface area contributed by atoms with Gasteiger partial charge in [0.1, 0.15) is 0 Å². The van der Waals surface area contributed by atoms with Crippen molar-refractivity contribution in [1.82, 2.24) is 5.32 Å². The van der Waals surface area contributed by atoms with Gasteiger partial charge in [-0.1, -0.05) is 50.8 Å². The van der Waals surface area contributed by atoms with Gasteiger partial charge < -0.3 is 5.32 Å². The average Bonchev–Trinajstić information content (AvgIpc) is 2.59. The molecular weight excluding hydrogens is 270 g/mol. The van der Waals surface area contributed by atoms with E-state index in [1.54, 1.807) is 0 Å². The van der Waals surface area contributed by atoms with Gasteiger partial charge in [0, 0.05) is 5.56 Å². The molecule has 118 valence electrons. The number of hydrogen-bond donors (Lipinski definition) is 1. The summed E-state index contributed by atoms with van der Waals surface area (Å²) in [4.78, 5) is 12.4. The molecule has 0 aromatic heterocycles. The molecule has 0 bridgehead atoms. The Hall–Kier alpha value is -1.79. The molecule has 0 spiro atoms. The second kappa shape index (κ2) is 9.27. The summed E-state index contributed by atoms with van der Waals surface area (Å²) in [6, 6.07) is 9.57. The molecule has 0 unspecified atom stereocenters. The van der Waals surface area contributed by atoms with Crippen LogP contribution in [-0.4, -0.2) is 11.9 Å². The largest absolute Gasteiger partial charge is 0.345 e. The number of amides is 1. The van der Waals surface area contributed by atoms with Gasteiger partial charge >= 0.3 is 0 Å². The molecule has 1 saturated carbocycles. The smallest absolute Gasteiger partial charge is 0.251 e. The van der Waals surface area contributed by atoms with Crippen LogP contribution in [0.5, 0.6) is 0 Å². The normalized spacial score (nSPS) is 16.4. The molecule has 0 radical (unpaired) electrons. The van der Waals surface area contributed by atoms with E-state index in [1.807, 2.05) is 30.3 Å². The number of benzene rings is 1. The predicted molar refractivity (Wildman–Crippen MR) is 91.8 cm³/mol. The van der Waals surface area contributed by atoms with Crippen molar-refractivity contribution in [2.45, 2.75) is 57.9 Å². The van der Waals surface area contributed by atoms with Crippen LogP contribution in [0.25, 0.3) is 0 Å². The Kier molecular flexibility index (Phi) is 6.99. The first-order valence-electron chi connectivity index (χ1n) is 8.58. The van der Waals surface area contributed by atoms with Gasteiger partial charge in [0.15, 0.2) is 0 Å². The van der Waals surface area contributed by atoms with Crippen molar-refractivity contribution in [1.29, 1.82) is 0 Å². The van der Waals surface area contributed by atoms with E-state index in [4.69, 9.17) is 0 Å². The van der Waals surface area contributed by atoms with E-state index in [1.165, 1.54) is 32.1 Å². The Labute approximate surface area is 134 Å². The Morgan fingerprint density at radius 2 is 2.00 bits per heavy atom. The zero-order valence-electron chi connectivity index (χ0n) is 13.6. The van der Waals surface area contributed by atoms with Gasteiger partial charge in [-0.25, -0.2) is 0 Å². The monoisotopic (exact) mass is 297 g/mol. The van der Waals surface area contributed by atoms with Crippen LogP contribution in [-0.2, 0) is 0 Å². The van der Waals surface area contributed by atoms with Crippen LogP contribution in [0.15, 0.2) is 48.2 Å². The summed E-state index contributed by atoms with van der Waals surface area (Å²) in [5.41, 5.74) is 4.01. The summed E-state index contributed by atoms with van der Waals surface area (Å²) in [5.74, 6) is 0.564. The standard InChI is InChI=1S/C20H27NO/c1-2-3-4-11-16-19(17-12-7-5-8-13-17)21-20(22)18-14-9-6-10-15-18/h4,6,9-10,14-17,19H,2-3,5,7-8,12-13H2,1H3,(H,21,22)/t11?,19-/m0/s1. The molecule has 1 N–H and O–H groups in total. The minimum Gasteiger partial charge on any atom is -0.345 e. The summed E-state index contributed by atoms with van der Waals surface area (Å²) in [6.07, 6.45) is 12.6. The predicted octanol–water partition coefficient (Wildman–Crippen LogP) is 4.88. The maximum Gasteiger partial charge on any atom is 0.251 e. The third-order valence-electron chi connectivity index (χ3n) is 4.32. The number of rotatable bonds is 6. The lowest BCUT2D eigenvalue weighted by atomic mass is 9.83. The first-order chi connectivity index (χ1) is 10.8. The van der Waals surface area contributed by atoms with Crippen LogP contribution in [0.3, 0.4) is 0 Å². The van der Waals surface area contributed by atoms with Crippen molar-refractivity contribution >= 4 is 5.91 Å². The third-order valence-corrected chi connectivity index (χ3v) is 4.32. The summed E-state index contributed by atoms with van der Waals surface area (Å²) in [5, 5.41) is 3.20. The summed E-state index contributed by atoms with van der Waals surface area (Å²) < 4.78 is 0. The van der Waals surface area contributed by atoms with Gasteiger partial charge in [-0.15, -0.1) is 5.73 Å². The number of unbranched alkanes of at least 4 members (excludes halogenated alkanes) is 1. The number of nitrogens with one attached hydrogen (secondary N) is 1. The lowest BCUT2D eigenvalue weighted by molar-refractivity contribution is 0.0927. The maximum absolute atomic E-state index is 12.4. The van der Waals surface area contributed by atoms with Gasteiger partial charge in [0.25, 0.3) is 5.91 Å². The quantitative estimate of drug-likeness (QED) is 0.745. The van der Waals surface area contributed by atoms with Crippen LogP contribution < -0.4 is 5.32 Å². The zero-order chi connectivity index (χ0) is 15.6. The van der Waals surface area contributed by atoms with Crippen LogP contribution in [0.1, 0.15) is 62.2 Å². The van der Waals surface area contributed by atoms with E-state index in [0.29, 0.717) is 5.92 Å². The topological polar surface area (TPSA) is 29.1 Å². The highest BCUT2D eigenvalue weighted by Crippen LogP contribution is 2.27. The average molecular weight is 297 g/mol. The van der Waals surface area contributed by atoms with Gasteiger partial charge in [-0.2, -0.15) is 0 Å². The molecule has 1 amide bonds. The molecule has 1 aromatic carbocycles. The number of hydrogen-bond acceptors (Lipinski definition) is 1. The first kappa shape index (κ1) is 16.6. The molecule has 1 aliphatic carbocycles. The van der Waals surface area contributed by atoms with Gasteiger partial charge in [-0.3, -0.25) is 4.79 Å². The fourth-order valence-electron chi connectivity index (χ4n) is 3.01. The van der Waals surface area contributed by atoms with Crippen molar-refractivity contribution in [2.75, 3.05) is 0 Å². The second-order valence-corrected chi connectivity index (χ2v) is 6.09. The van der Waals surface area contributed by atoms with E-state index in [2.05, 4.69) is 30.1 Å². The van der Waals surface area contributed by atoms with Crippen molar-refractivity contribution in [3.63, 3.8) is 0 Å². The van der Waals surface area contributed by atoms with Crippen LogP contribution >= 0.6 is 0 Å². The number of carbonyl (C=O) groups is 1. The minimum atomic E-state index is 0.0183. The van der Waals surface area contributed by atoms with E-state index >= 15 is 0 Å². The molecule has 22 heavy (non-hydrogen) atoms. The zero-order valence-corrected chi connectivity index (χ0v) is 13.6. The van der Waals surface area contributed by atoms with Gasteiger partial charge in [-0.05, 0) is 49.5 Å². The molecule has 0 heterocycles. The SMILES string of the molecule is CCCC=C=C[C@H](NC(=O)c1ccccc1)C1CCCCC1. The highest BCUT2D eigenvalue weighted by atomic mass is 16.1. The van der Waals surface area contributed by atoms with E-state index < -0.39 is 0 Å². The van der Waals surface area contributed by atoms with Gasteiger partial charge in [0.05, 0.1) is 6.04 Å². The molecule has 2 nitrogen and oxygen atoms in total. The molecule has 1 fully saturated rings. The highest BCUT2D eigenvalue weighted by Gasteiger charge is 2.23. The summed E-state index contributed by atoms with van der Waals surface area (Å²) in [6.45, 7) is 2.16. The fourth-order valence-corrected chi connectivity index (χ4v) is 3.01. The fraction of sp³-hybridized carbons (Fsp3) is 0.500. The Morgan fingerprint density at radius 3 is 2.68 bits per heavy atom. The first-order valence-corrected chi connectivity index (χ1v) is 8.58. The Morgan fingerprint density at radius 1 is 1.27 bits per heavy atom. The third kappa shape index (κ3) is 5.20. The summed E-state index contributed by atoms with van der Waals surface area (Å²) in [7, 11) is 0. The van der Waals surface area contributed by atoms with E-state index in [9.17, 15) is 4.79 Å². The Bertz CT molecular complexity index is 508.